The Hall–Kier alpha value is -2.45. The minimum Gasteiger partial charge on any atom is -0.369 e. The van der Waals surface area contributed by atoms with E-state index in [1.165, 1.54) is 27.6 Å². The second kappa shape index (κ2) is 5.57. The van der Waals surface area contributed by atoms with E-state index in [-0.39, 0.29) is 12.4 Å². The van der Waals surface area contributed by atoms with E-state index in [0.29, 0.717) is 6.61 Å². The van der Waals surface area contributed by atoms with Gasteiger partial charge in [-0.05, 0) is 65.4 Å². The molecule has 0 N–H and O–H groups in total. The zero-order valence-corrected chi connectivity index (χ0v) is 14.3. The number of aryl methyl sites for hydroxylation is 3. The minimum atomic E-state index is 0.0747. The van der Waals surface area contributed by atoms with Crippen molar-refractivity contribution in [2.24, 2.45) is 0 Å². The SMILES string of the molecule is Cc1cc(C)c(-c2c3c(cc4ccccc24)C(=O)COC3)c(C)c1. The molecule has 3 aromatic rings. The third-order valence-electron chi connectivity index (χ3n) is 4.86. The number of Topliss-reactive ketones (excluding diaryl/α,β-unsaturated/α-hetero) is 1. The van der Waals surface area contributed by atoms with Crippen LogP contribution in [0.25, 0.3) is 21.9 Å². The Kier molecular flexibility index (Phi) is 3.50. The molecule has 0 aliphatic carbocycles. The van der Waals surface area contributed by atoms with Crippen LogP contribution < -0.4 is 0 Å². The van der Waals surface area contributed by atoms with Crippen LogP contribution in [0.1, 0.15) is 32.6 Å². The summed E-state index contributed by atoms with van der Waals surface area (Å²) in [5.41, 5.74) is 7.97. The zero-order chi connectivity index (χ0) is 16.8. The molecule has 1 aliphatic rings. The average molecular weight is 316 g/mol. The van der Waals surface area contributed by atoms with E-state index < -0.39 is 0 Å². The van der Waals surface area contributed by atoms with Crippen LogP contribution in [-0.4, -0.2) is 12.4 Å². The maximum Gasteiger partial charge on any atom is 0.188 e. The van der Waals surface area contributed by atoms with Gasteiger partial charge in [0.25, 0.3) is 0 Å². The summed E-state index contributed by atoms with van der Waals surface area (Å²) in [4.78, 5) is 12.4. The van der Waals surface area contributed by atoms with Gasteiger partial charge in [-0.1, -0.05) is 42.0 Å². The lowest BCUT2D eigenvalue weighted by Crippen LogP contribution is -2.19. The number of fused-ring (bicyclic) bond motifs is 2. The topological polar surface area (TPSA) is 26.3 Å². The van der Waals surface area contributed by atoms with Crippen molar-refractivity contribution in [3.05, 3.63) is 70.3 Å². The maximum atomic E-state index is 12.4. The van der Waals surface area contributed by atoms with Crippen LogP contribution in [0.15, 0.2) is 42.5 Å². The fraction of sp³-hybridized carbons (Fsp3) is 0.227. The number of rotatable bonds is 1. The predicted molar refractivity (Wildman–Crippen MR) is 97.6 cm³/mol. The van der Waals surface area contributed by atoms with Crippen LogP contribution in [-0.2, 0) is 11.3 Å². The molecule has 0 fully saturated rings. The molecule has 24 heavy (non-hydrogen) atoms. The Morgan fingerprint density at radius 1 is 0.875 bits per heavy atom. The van der Waals surface area contributed by atoms with Crippen molar-refractivity contribution in [3.8, 4) is 11.1 Å². The van der Waals surface area contributed by atoms with Crippen molar-refractivity contribution in [2.45, 2.75) is 27.4 Å². The summed E-state index contributed by atoms with van der Waals surface area (Å²) in [6.45, 7) is 7.09. The Balaban J connectivity index is 2.17. The number of carbonyl (C=O) groups is 1. The van der Waals surface area contributed by atoms with Crippen LogP contribution >= 0.6 is 0 Å². The standard InChI is InChI=1S/C22H20O2/c1-13-8-14(2)21(15(3)9-13)22-17-7-5-4-6-16(17)10-18-19(22)11-24-12-20(18)23/h4-10H,11-12H2,1-3H3. The lowest BCUT2D eigenvalue weighted by atomic mass is 9.84. The minimum absolute atomic E-state index is 0.0747. The average Bonchev–Trinajstić information content (AvgIpc) is 2.54. The molecule has 1 aliphatic heterocycles. The molecular formula is C22H20O2. The van der Waals surface area contributed by atoms with Crippen LogP contribution in [0.3, 0.4) is 0 Å². The largest absolute Gasteiger partial charge is 0.369 e. The highest BCUT2D eigenvalue weighted by molar-refractivity contribution is 6.09. The molecule has 0 saturated carbocycles. The van der Waals surface area contributed by atoms with E-state index >= 15 is 0 Å². The predicted octanol–water partition coefficient (Wildman–Crippen LogP) is 5.14. The number of benzene rings is 3. The zero-order valence-electron chi connectivity index (χ0n) is 14.3. The molecule has 1 heterocycles. The smallest absolute Gasteiger partial charge is 0.188 e. The second-order valence-corrected chi connectivity index (χ2v) is 6.69. The first-order chi connectivity index (χ1) is 11.6. The van der Waals surface area contributed by atoms with Gasteiger partial charge in [0.1, 0.15) is 6.61 Å². The normalized spacial score (nSPS) is 14.0. The highest BCUT2D eigenvalue weighted by atomic mass is 16.5. The first-order valence-electron chi connectivity index (χ1n) is 8.30. The summed E-state index contributed by atoms with van der Waals surface area (Å²) in [7, 11) is 0. The van der Waals surface area contributed by atoms with Gasteiger partial charge in [-0.25, -0.2) is 0 Å². The van der Waals surface area contributed by atoms with Crippen LogP contribution in [0, 0.1) is 20.8 Å². The van der Waals surface area contributed by atoms with Crippen LogP contribution in [0.4, 0.5) is 0 Å². The van der Waals surface area contributed by atoms with Crippen LogP contribution in [0.2, 0.25) is 0 Å². The number of hydrogen-bond donors (Lipinski definition) is 0. The van der Waals surface area contributed by atoms with E-state index in [2.05, 4.69) is 51.1 Å². The molecule has 0 radical (unpaired) electrons. The summed E-state index contributed by atoms with van der Waals surface area (Å²) in [6, 6.07) is 14.8. The molecule has 0 spiro atoms. The Labute approximate surface area is 142 Å². The molecule has 0 saturated heterocycles. The molecular weight excluding hydrogens is 296 g/mol. The van der Waals surface area contributed by atoms with Crippen molar-refractivity contribution >= 4 is 16.6 Å². The van der Waals surface area contributed by atoms with E-state index in [1.807, 2.05) is 12.1 Å². The van der Waals surface area contributed by atoms with Gasteiger partial charge < -0.3 is 4.74 Å². The van der Waals surface area contributed by atoms with Gasteiger partial charge in [-0.3, -0.25) is 4.79 Å². The molecule has 2 nitrogen and oxygen atoms in total. The molecule has 2 heteroatoms. The first kappa shape index (κ1) is 15.1. The van der Waals surface area contributed by atoms with Crippen molar-refractivity contribution in [1.29, 1.82) is 0 Å². The molecule has 3 aromatic carbocycles. The molecule has 0 amide bonds. The molecule has 4 rings (SSSR count). The van der Waals surface area contributed by atoms with Gasteiger partial charge in [0.15, 0.2) is 5.78 Å². The van der Waals surface area contributed by atoms with Crippen molar-refractivity contribution in [2.75, 3.05) is 6.61 Å². The van der Waals surface area contributed by atoms with E-state index in [4.69, 9.17) is 4.74 Å². The molecule has 0 unspecified atom stereocenters. The number of ketones is 1. The molecule has 0 bridgehead atoms. The number of carbonyl (C=O) groups excluding carboxylic acids is 1. The lowest BCUT2D eigenvalue weighted by molar-refractivity contribution is 0.0667. The van der Waals surface area contributed by atoms with Gasteiger partial charge in [-0.2, -0.15) is 0 Å². The fourth-order valence-electron chi connectivity index (χ4n) is 3.97. The number of hydrogen-bond acceptors (Lipinski definition) is 2. The second-order valence-electron chi connectivity index (χ2n) is 6.69. The Bertz CT molecular complexity index is 960. The maximum absolute atomic E-state index is 12.4. The third-order valence-corrected chi connectivity index (χ3v) is 4.86. The highest BCUT2D eigenvalue weighted by Gasteiger charge is 2.24. The quantitative estimate of drug-likeness (QED) is 0.621. The summed E-state index contributed by atoms with van der Waals surface area (Å²) in [5, 5.41) is 2.30. The monoisotopic (exact) mass is 316 g/mol. The first-order valence-corrected chi connectivity index (χ1v) is 8.30. The van der Waals surface area contributed by atoms with Crippen molar-refractivity contribution < 1.29 is 9.53 Å². The van der Waals surface area contributed by atoms with Crippen molar-refractivity contribution in [3.63, 3.8) is 0 Å². The Morgan fingerprint density at radius 3 is 2.33 bits per heavy atom. The van der Waals surface area contributed by atoms with Gasteiger partial charge in [0.2, 0.25) is 0 Å². The highest BCUT2D eigenvalue weighted by Crippen LogP contribution is 2.40. The molecule has 0 aromatic heterocycles. The summed E-state index contributed by atoms with van der Waals surface area (Å²) >= 11 is 0. The lowest BCUT2D eigenvalue weighted by Gasteiger charge is -2.23. The van der Waals surface area contributed by atoms with E-state index in [9.17, 15) is 4.79 Å². The van der Waals surface area contributed by atoms with Crippen molar-refractivity contribution in [1.82, 2.24) is 0 Å². The summed E-state index contributed by atoms with van der Waals surface area (Å²) in [5.74, 6) is 0.0747. The fourth-order valence-corrected chi connectivity index (χ4v) is 3.97. The summed E-state index contributed by atoms with van der Waals surface area (Å²) in [6.07, 6.45) is 0. The van der Waals surface area contributed by atoms with Gasteiger partial charge >= 0.3 is 0 Å². The molecule has 0 atom stereocenters. The van der Waals surface area contributed by atoms with Gasteiger partial charge in [0, 0.05) is 5.56 Å². The Morgan fingerprint density at radius 2 is 1.58 bits per heavy atom. The van der Waals surface area contributed by atoms with Gasteiger partial charge in [0.05, 0.1) is 6.61 Å². The third kappa shape index (κ3) is 2.26. The van der Waals surface area contributed by atoms with Crippen LogP contribution in [0.5, 0.6) is 0 Å². The number of ether oxygens (including phenoxy) is 1. The van der Waals surface area contributed by atoms with Gasteiger partial charge in [-0.15, -0.1) is 0 Å². The summed E-state index contributed by atoms with van der Waals surface area (Å²) < 4.78 is 5.57. The van der Waals surface area contributed by atoms with E-state index in [0.717, 1.165) is 22.1 Å². The van der Waals surface area contributed by atoms with E-state index in [1.54, 1.807) is 0 Å². The molecule has 120 valence electrons.